The fraction of sp³-hybridized carbons (Fsp3) is 0.850. The van der Waals surface area contributed by atoms with Gasteiger partial charge in [-0.1, -0.05) is 31.3 Å². The lowest BCUT2D eigenvalue weighted by atomic mass is 9.80. The van der Waals surface area contributed by atoms with Crippen molar-refractivity contribution in [2.45, 2.75) is 70.8 Å². The van der Waals surface area contributed by atoms with Crippen molar-refractivity contribution in [3.63, 3.8) is 0 Å². The molecule has 27 heavy (non-hydrogen) atoms. The van der Waals surface area contributed by atoms with Crippen molar-refractivity contribution in [2.24, 2.45) is 5.92 Å². The molecule has 0 radical (unpaired) electrons. The number of rotatable bonds is 6. The van der Waals surface area contributed by atoms with Gasteiger partial charge >= 0.3 is 6.03 Å². The summed E-state index contributed by atoms with van der Waals surface area (Å²) in [6, 6.07) is 0.0957. The number of hydrogen-bond donors (Lipinski definition) is 1. The average molecular weight is 378 g/mol. The van der Waals surface area contributed by atoms with Crippen molar-refractivity contribution < 1.29 is 9.32 Å². The van der Waals surface area contributed by atoms with Crippen molar-refractivity contribution in [3.05, 3.63) is 11.7 Å². The van der Waals surface area contributed by atoms with Gasteiger partial charge in [0.05, 0.1) is 0 Å². The van der Waals surface area contributed by atoms with Crippen LogP contribution in [-0.2, 0) is 6.42 Å². The van der Waals surface area contributed by atoms with Crippen LogP contribution in [0.1, 0.15) is 63.6 Å². The Balaban J connectivity index is 1.46. The minimum absolute atomic E-state index is 0.0957. The third kappa shape index (κ3) is 5.00. The van der Waals surface area contributed by atoms with Gasteiger partial charge in [-0.2, -0.15) is 4.98 Å². The number of urea groups is 1. The predicted molar refractivity (Wildman–Crippen MR) is 105 cm³/mol. The number of amides is 2. The summed E-state index contributed by atoms with van der Waals surface area (Å²) in [4.78, 5) is 21.4. The minimum atomic E-state index is 0.0957. The molecular formula is C20H35N5O2. The van der Waals surface area contributed by atoms with Crippen LogP contribution in [0.15, 0.2) is 4.52 Å². The van der Waals surface area contributed by atoms with Crippen LogP contribution in [0.4, 0.5) is 4.79 Å². The maximum absolute atomic E-state index is 12.7. The van der Waals surface area contributed by atoms with Crippen LogP contribution in [0, 0.1) is 12.8 Å². The summed E-state index contributed by atoms with van der Waals surface area (Å²) in [7, 11) is 2.20. The molecule has 7 nitrogen and oxygen atoms in total. The monoisotopic (exact) mass is 377 g/mol. The van der Waals surface area contributed by atoms with Crippen molar-refractivity contribution in [3.8, 4) is 0 Å². The summed E-state index contributed by atoms with van der Waals surface area (Å²) in [6.45, 7) is 7.43. The van der Waals surface area contributed by atoms with E-state index in [9.17, 15) is 4.79 Å². The van der Waals surface area contributed by atoms with E-state index in [1.807, 2.05) is 11.8 Å². The molecular weight excluding hydrogens is 342 g/mol. The standard InChI is InChI=1S/C20H35N5O2/c1-4-24(3)20(10-6-5-7-11-20)15-21-19(26)25-12-8-17(9-13-25)14-18-22-16(2)27-23-18/h17H,4-15H2,1-3H3,(H,21,26). The van der Waals surface area contributed by atoms with E-state index in [4.69, 9.17) is 4.52 Å². The summed E-state index contributed by atoms with van der Waals surface area (Å²) in [5, 5.41) is 7.25. The molecule has 0 unspecified atom stereocenters. The number of likely N-dealkylation sites (N-methyl/N-ethyl adjacent to an activating group) is 1. The van der Waals surface area contributed by atoms with Gasteiger partial charge in [-0.25, -0.2) is 4.79 Å². The second-order valence-electron chi connectivity index (χ2n) is 8.32. The van der Waals surface area contributed by atoms with Gasteiger partial charge in [0.15, 0.2) is 5.82 Å². The molecule has 1 aliphatic heterocycles. The number of aryl methyl sites for hydroxylation is 1. The first-order valence-corrected chi connectivity index (χ1v) is 10.6. The first-order chi connectivity index (χ1) is 13.0. The van der Waals surface area contributed by atoms with Crippen LogP contribution in [0.2, 0.25) is 0 Å². The van der Waals surface area contributed by atoms with Gasteiger partial charge in [-0.05, 0) is 45.2 Å². The van der Waals surface area contributed by atoms with E-state index in [0.29, 0.717) is 11.8 Å². The molecule has 1 aromatic rings. The Morgan fingerprint density at radius 2 is 2.00 bits per heavy atom. The third-order valence-electron chi connectivity index (χ3n) is 6.58. The highest BCUT2D eigenvalue weighted by Crippen LogP contribution is 2.32. The summed E-state index contributed by atoms with van der Waals surface area (Å²) >= 11 is 0. The maximum Gasteiger partial charge on any atom is 0.317 e. The van der Waals surface area contributed by atoms with Crippen LogP contribution in [-0.4, -0.2) is 64.7 Å². The van der Waals surface area contributed by atoms with Crippen molar-refractivity contribution in [1.82, 2.24) is 25.3 Å². The normalized spacial score (nSPS) is 20.8. The number of carbonyl (C=O) groups is 1. The van der Waals surface area contributed by atoms with Crippen LogP contribution in [0.25, 0.3) is 0 Å². The number of carbonyl (C=O) groups excluding carboxylic acids is 1. The average Bonchev–Trinajstić information content (AvgIpc) is 3.11. The number of aromatic nitrogens is 2. The molecule has 2 fully saturated rings. The van der Waals surface area contributed by atoms with Crippen LogP contribution < -0.4 is 5.32 Å². The molecule has 0 spiro atoms. The molecule has 0 atom stereocenters. The molecule has 3 rings (SSSR count). The molecule has 2 heterocycles. The van der Waals surface area contributed by atoms with Crippen LogP contribution in [0.5, 0.6) is 0 Å². The molecule has 0 bridgehead atoms. The van der Waals surface area contributed by atoms with Gasteiger partial charge in [0.1, 0.15) is 0 Å². The third-order valence-corrected chi connectivity index (χ3v) is 6.58. The Bertz CT molecular complexity index is 603. The van der Waals surface area contributed by atoms with E-state index < -0.39 is 0 Å². The number of nitrogens with zero attached hydrogens (tertiary/aromatic N) is 4. The zero-order chi connectivity index (χ0) is 19.3. The molecule has 1 aromatic heterocycles. The zero-order valence-electron chi connectivity index (χ0n) is 17.2. The second kappa shape index (κ2) is 9.04. The topological polar surface area (TPSA) is 74.5 Å². The second-order valence-corrected chi connectivity index (χ2v) is 8.32. The quantitative estimate of drug-likeness (QED) is 0.825. The first kappa shape index (κ1) is 20.1. The number of nitrogens with one attached hydrogen (secondary N) is 1. The van der Waals surface area contributed by atoms with Gasteiger partial charge in [0.2, 0.25) is 5.89 Å². The molecule has 2 amide bonds. The Hall–Kier alpha value is -1.63. The Kier molecular flexibility index (Phi) is 6.73. The van der Waals surface area contributed by atoms with E-state index in [-0.39, 0.29) is 11.6 Å². The fourth-order valence-corrected chi connectivity index (χ4v) is 4.61. The highest BCUT2D eigenvalue weighted by Gasteiger charge is 2.36. The highest BCUT2D eigenvalue weighted by atomic mass is 16.5. The van der Waals surface area contributed by atoms with Gasteiger partial charge < -0.3 is 14.7 Å². The first-order valence-electron chi connectivity index (χ1n) is 10.6. The summed E-state index contributed by atoms with van der Waals surface area (Å²) in [5.74, 6) is 1.94. The summed E-state index contributed by atoms with van der Waals surface area (Å²) < 4.78 is 5.05. The lowest BCUT2D eigenvalue weighted by Crippen LogP contribution is -2.57. The smallest absolute Gasteiger partial charge is 0.317 e. The number of hydrogen-bond acceptors (Lipinski definition) is 5. The Morgan fingerprint density at radius 1 is 1.30 bits per heavy atom. The summed E-state index contributed by atoms with van der Waals surface area (Å²) in [5.41, 5.74) is 0.136. The van der Waals surface area contributed by atoms with Crippen molar-refractivity contribution >= 4 is 6.03 Å². The predicted octanol–water partition coefficient (Wildman–Crippen LogP) is 3.00. The molecule has 0 aromatic carbocycles. The van der Waals surface area contributed by atoms with Crippen molar-refractivity contribution in [1.29, 1.82) is 0 Å². The van der Waals surface area contributed by atoms with E-state index in [0.717, 1.165) is 51.3 Å². The SMILES string of the molecule is CCN(C)C1(CNC(=O)N2CCC(Cc3noc(C)n3)CC2)CCCCC1. The molecule has 1 saturated carbocycles. The van der Waals surface area contributed by atoms with E-state index >= 15 is 0 Å². The largest absolute Gasteiger partial charge is 0.340 e. The molecule has 1 aliphatic carbocycles. The minimum Gasteiger partial charge on any atom is -0.340 e. The van der Waals surface area contributed by atoms with Crippen molar-refractivity contribution in [2.75, 3.05) is 33.2 Å². The molecule has 1 saturated heterocycles. The summed E-state index contributed by atoms with van der Waals surface area (Å²) in [6.07, 6.45) is 9.07. The van der Waals surface area contributed by atoms with Gasteiger partial charge in [0.25, 0.3) is 0 Å². The lowest BCUT2D eigenvalue weighted by Gasteiger charge is -2.45. The van der Waals surface area contributed by atoms with E-state index in [2.05, 4.69) is 34.3 Å². The number of piperidine rings is 1. The van der Waals surface area contributed by atoms with Gasteiger partial charge in [-0.15, -0.1) is 0 Å². The fourth-order valence-electron chi connectivity index (χ4n) is 4.61. The molecule has 7 heteroatoms. The molecule has 152 valence electrons. The maximum atomic E-state index is 12.7. The van der Waals surface area contributed by atoms with E-state index in [1.165, 1.54) is 32.1 Å². The zero-order valence-corrected chi connectivity index (χ0v) is 17.2. The Labute approximate surface area is 162 Å². The van der Waals surface area contributed by atoms with E-state index in [1.54, 1.807) is 0 Å². The number of likely N-dealkylation sites (tertiary alicyclic amines) is 1. The lowest BCUT2D eigenvalue weighted by molar-refractivity contribution is 0.0779. The van der Waals surface area contributed by atoms with Gasteiger partial charge in [0, 0.05) is 38.5 Å². The molecule has 2 aliphatic rings. The van der Waals surface area contributed by atoms with Crippen LogP contribution >= 0.6 is 0 Å². The van der Waals surface area contributed by atoms with Gasteiger partial charge in [-0.3, -0.25) is 4.90 Å². The van der Waals surface area contributed by atoms with Crippen LogP contribution in [0.3, 0.4) is 0 Å². The highest BCUT2D eigenvalue weighted by molar-refractivity contribution is 5.74. The molecule has 1 N–H and O–H groups in total. The Morgan fingerprint density at radius 3 is 2.59 bits per heavy atom.